The number of carbonyl (C=O) groups is 1. The molecule has 1 unspecified atom stereocenters. The van der Waals surface area contributed by atoms with E-state index in [1.165, 1.54) is 11.5 Å². The van der Waals surface area contributed by atoms with Crippen LogP contribution in [0.3, 0.4) is 0 Å². The minimum absolute atomic E-state index is 0.258. The third-order valence-corrected chi connectivity index (χ3v) is 7.00. The van der Waals surface area contributed by atoms with Crippen LogP contribution in [0.4, 0.5) is 0 Å². The van der Waals surface area contributed by atoms with E-state index in [4.69, 9.17) is 18.9 Å². The molecule has 1 saturated carbocycles. The molecule has 0 N–H and O–H groups in total. The second-order valence-electron chi connectivity index (χ2n) is 9.10. The van der Waals surface area contributed by atoms with Crippen molar-refractivity contribution in [2.75, 3.05) is 0 Å². The molecule has 2 aromatic rings. The number of hydrogen-bond donors (Lipinski definition) is 0. The minimum atomic E-state index is -0.755. The number of ether oxygens (including phenoxy) is 4. The van der Waals surface area contributed by atoms with Crippen molar-refractivity contribution in [3.05, 3.63) is 51.6 Å². The first-order chi connectivity index (χ1) is 15.2. The molecule has 3 fully saturated rings. The predicted octanol–water partition coefficient (Wildman–Crippen LogP) is 3.50. The van der Waals surface area contributed by atoms with Gasteiger partial charge in [-0.1, -0.05) is 25.1 Å². The standard InChI is InChI=1S/C24H28N2O6/c1-6-24-19(29-16(5)27)18(31-23(24)10-11-23)21(32-24)26-12-15(4)20(25-22(26)28)30-17-13(2)8-7-9-14(17)3/h7-9,12,18-19,21H,6,10-11H2,1-5H3/t18-,19?,21+,24+/m0/s1. The average Bonchev–Trinajstić information content (AvgIpc) is 3.39. The maximum absolute atomic E-state index is 13.0. The van der Waals surface area contributed by atoms with Crippen LogP contribution < -0.4 is 10.4 Å². The Bertz CT molecular complexity index is 1130. The van der Waals surface area contributed by atoms with Gasteiger partial charge in [0.2, 0.25) is 5.88 Å². The van der Waals surface area contributed by atoms with Crippen LogP contribution in [0.15, 0.2) is 29.2 Å². The molecular weight excluding hydrogens is 412 g/mol. The lowest BCUT2D eigenvalue weighted by Gasteiger charge is -2.37. The van der Waals surface area contributed by atoms with Crippen molar-refractivity contribution in [1.29, 1.82) is 0 Å². The van der Waals surface area contributed by atoms with E-state index in [1.807, 2.05) is 45.9 Å². The molecule has 0 radical (unpaired) electrons. The highest BCUT2D eigenvalue weighted by Gasteiger charge is 2.79. The SMILES string of the molecule is CC[C@]12O[C@@H](n3cc(C)c(Oc4c(C)cccc4C)nc3=O)[C@@H](OC13CC3)C2OC(C)=O. The summed E-state index contributed by atoms with van der Waals surface area (Å²) in [5.41, 5.74) is 0.924. The fraction of sp³-hybridized carbons (Fsp3) is 0.542. The average molecular weight is 440 g/mol. The molecule has 1 aromatic heterocycles. The van der Waals surface area contributed by atoms with Crippen LogP contribution in [0, 0.1) is 20.8 Å². The Morgan fingerprint density at radius 3 is 2.47 bits per heavy atom. The summed E-state index contributed by atoms with van der Waals surface area (Å²) >= 11 is 0. The first kappa shape index (κ1) is 21.2. The summed E-state index contributed by atoms with van der Waals surface area (Å²) in [4.78, 5) is 29.1. The second kappa shape index (κ2) is 7.15. The zero-order valence-electron chi connectivity index (χ0n) is 19.0. The molecule has 170 valence electrons. The largest absolute Gasteiger partial charge is 0.456 e. The summed E-state index contributed by atoms with van der Waals surface area (Å²) in [6.45, 7) is 9.12. The highest BCUT2D eigenvalue weighted by molar-refractivity contribution is 5.66. The van der Waals surface area contributed by atoms with Gasteiger partial charge >= 0.3 is 11.7 Å². The van der Waals surface area contributed by atoms with Crippen molar-refractivity contribution in [2.45, 2.75) is 83.5 Å². The molecule has 1 aromatic carbocycles. The van der Waals surface area contributed by atoms with Gasteiger partial charge < -0.3 is 18.9 Å². The van der Waals surface area contributed by atoms with E-state index < -0.39 is 35.3 Å². The molecular formula is C24H28N2O6. The predicted molar refractivity (Wildman–Crippen MR) is 115 cm³/mol. The van der Waals surface area contributed by atoms with Gasteiger partial charge in [-0.25, -0.2) is 4.79 Å². The normalized spacial score (nSPS) is 29.3. The Morgan fingerprint density at radius 1 is 1.19 bits per heavy atom. The maximum Gasteiger partial charge on any atom is 0.353 e. The minimum Gasteiger partial charge on any atom is -0.456 e. The maximum atomic E-state index is 13.0. The molecule has 2 bridgehead atoms. The van der Waals surface area contributed by atoms with Crippen molar-refractivity contribution < 1.29 is 23.7 Å². The fourth-order valence-electron chi connectivity index (χ4n) is 5.32. The Kier molecular flexibility index (Phi) is 4.73. The van der Waals surface area contributed by atoms with Gasteiger partial charge in [-0.05, 0) is 51.2 Å². The second-order valence-corrected chi connectivity index (χ2v) is 9.10. The number of fused-ring (bicyclic) bond motifs is 3. The Labute approximate surface area is 186 Å². The van der Waals surface area contributed by atoms with E-state index in [0.29, 0.717) is 17.7 Å². The number of hydrogen-bond acceptors (Lipinski definition) is 7. The lowest BCUT2D eigenvalue weighted by molar-refractivity contribution is -0.226. The third-order valence-electron chi connectivity index (χ3n) is 7.00. The highest BCUT2D eigenvalue weighted by atomic mass is 16.7. The van der Waals surface area contributed by atoms with Gasteiger partial charge in [0.15, 0.2) is 12.3 Å². The van der Waals surface area contributed by atoms with Crippen molar-refractivity contribution in [3.63, 3.8) is 0 Å². The van der Waals surface area contributed by atoms with Crippen molar-refractivity contribution in [1.82, 2.24) is 9.55 Å². The number of rotatable bonds is 5. The number of aryl methyl sites for hydroxylation is 3. The number of nitrogens with zero attached hydrogens (tertiary/aromatic N) is 2. The molecule has 0 amide bonds. The van der Waals surface area contributed by atoms with Gasteiger partial charge in [0.25, 0.3) is 0 Å². The van der Waals surface area contributed by atoms with E-state index in [2.05, 4.69) is 4.98 Å². The highest BCUT2D eigenvalue weighted by Crippen LogP contribution is 2.66. The zero-order valence-corrected chi connectivity index (χ0v) is 19.0. The van der Waals surface area contributed by atoms with Crippen LogP contribution in [0.2, 0.25) is 0 Å². The van der Waals surface area contributed by atoms with Gasteiger partial charge in [-0.15, -0.1) is 0 Å². The summed E-state index contributed by atoms with van der Waals surface area (Å²) < 4.78 is 26.0. The summed E-state index contributed by atoms with van der Waals surface area (Å²) in [6.07, 6.45) is 2.17. The lowest BCUT2D eigenvalue weighted by atomic mass is 9.87. The van der Waals surface area contributed by atoms with Crippen LogP contribution >= 0.6 is 0 Å². The van der Waals surface area contributed by atoms with E-state index in [-0.39, 0.29) is 11.8 Å². The van der Waals surface area contributed by atoms with Crippen molar-refractivity contribution in [3.8, 4) is 11.6 Å². The van der Waals surface area contributed by atoms with Crippen LogP contribution in [0.25, 0.3) is 0 Å². The summed E-state index contributed by atoms with van der Waals surface area (Å²) in [5.74, 6) is 0.561. The lowest BCUT2D eigenvalue weighted by Crippen LogP contribution is -2.50. The third kappa shape index (κ3) is 2.93. The fourth-order valence-corrected chi connectivity index (χ4v) is 5.32. The molecule has 5 rings (SSSR count). The summed E-state index contributed by atoms with van der Waals surface area (Å²) in [6, 6.07) is 5.86. The number of para-hydroxylation sites is 1. The molecule has 1 aliphatic carbocycles. The van der Waals surface area contributed by atoms with E-state index in [9.17, 15) is 9.59 Å². The molecule has 2 aliphatic heterocycles. The Hall–Kier alpha value is -2.71. The number of esters is 1. The van der Waals surface area contributed by atoms with Gasteiger partial charge in [0, 0.05) is 18.7 Å². The van der Waals surface area contributed by atoms with E-state index in [1.54, 1.807) is 6.20 Å². The first-order valence-corrected chi connectivity index (χ1v) is 11.1. The van der Waals surface area contributed by atoms with E-state index >= 15 is 0 Å². The number of carbonyl (C=O) groups excluding carboxylic acids is 1. The first-order valence-electron chi connectivity index (χ1n) is 11.1. The quantitative estimate of drug-likeness (QED) is 0.658. The molecule has 2 saturated heterocycles. The smallest absolute Gasteiger partial charge is 0.353 e. The van der Waals surface area contributed by atoms with Gasteiger partial charge in [-0.2, -0.15) is 4.98 Å². The van der Waals surface area contributed by atoms with Gasteiger partial charge in [-0.3, -0.25) is 9.36 Å². The van der Waals surface area contributed by atoms with Gasteiger partial charge in [0.1, 0.15) is 23.1 Å². The Morgan fingerprint density at radius 2 is 1.88 bits per heavy atom. The molecule has 1 spiro atoms. The summed E-state index contributed by atoms with van der Waals surface area (Å²) in [5, 5.41) is 0. The van der Waals surface area contributed by atoms with Crippen LogP contribution in [-0.4, -0.2) is 38.9 Å². The molecule has 32 heavy (non-hydrogen) atoms. The van der Waals surface area contributed by atoms with Gasteiger partial charge in [0.05, 0.1) is 0 Å². The Balaban J connectivity index is 1.49. The van der Waals surface area contributed by atoms with Crippen LogP contribution in [0.1, 0.15) is 56.0 Å². The number of benzene rings is 1. The molecule has 3 aliphatic rings. The molecule has 4 atom stereocenters. The summed E-state index contributed by atoms with van der Waals surface area (Å²) in [7, 11) is 0. The topological polar surface area (TPSA) is 88.9 Å². The zero-order chi connectivity index (χ0) is 22.8. The molecule has 8 nitrogen and oxygen atoms in total. The van der Waals surface area contributed by atoms with Crippen LogP contribution in [-0.2, 0) is 19.0 Å². The van der Waals surface area contributed by atoms with Crippen molar-refractivity contribution >= 4 is 5.97 Å². The monoisotopic (exact) mass is 440 g/mol. The van der Waals surface area contributed by atoms with Crippen LogP contribution in [0.5, 0.6) is 11.6 Å². The molecule has 3 heterocycles. The molecule has 8 heteroatoms. The van der Waals surface area contributed by atoms with E-state index in [0.717, 1.165) is 24.0 Å². The number of aromatic nitrogens is 2. The van der Waals surface area contributed by atoms with Crippen molar-refractivity contribution in [2.24, 2.45) is 0 Å².